The summed E-state index contributed by atoms with van der Waals surface area (Å²) in [6.07, 6.45) is -0.515. The van der Waals surface area contributed by atoms with Crippen LogP contribution in [0.1, 0.15) is 34.6 Å². The Labute approximate surface area is 181 Å². The number of rotatable bonds is 7. The molecule has 0 bridgehead atoms. The van der Waals surface area contributed by atoms with E-state index in [9.17, 15) is 14.7 Å². The molecule has 1 amide bonds. The maximum absolute atomic E-state index is 12.5. The predicted molar refractivity (Wildman–Crippen MR) is 116 cm³/mol. The van der Waals surface area contributed by atoms with E-state index in [0.717, 1.165) is 33.4 Å². The van der Waals surface area contributed by atoms with Crippen molar-refractivity contribution in [1.82, 2.24) is 5.32 Å². The molecule has 0 aliphatic heterocycles. The topological polar surface area (TPSA) is 78.5 Å². The minimum absolute atomic E-state index is 0.0467. The summed E-state index contributed by atoms with van der Waals surface area (Å²) >= 11 is 0. The minimum atomic E-state index is -1.21. The van der Waals surface area contributed by atoms with E-state index in [1.165, 1.54) is 0 Å². The lowest BCUT2D eigenvalue weighted by Gasteiger charge is -2.21. The number of carbonyl (C=O) groups excluding carboxylic acids is 2. The molecule has 0 saturated heterocycles. The summed E-state index contributed by atoms with van der Waals surface area (Å²) in [4.78, 5) is 23.7. The Morgan fingerprint density at radius 3 is 2.23 bits per heavy atom. The Hall–Kier alpha value is -3.60. The second-order valence-corrected chi connectivity index (χ2v) is 7.94. The first-order valence-corrected chi connectivity index (χ1v) is 10.4. The van der Waals surface area contributed by atoms with Crippen LogP contribution < -0.4 is 10.4 Å². The number of alkyl carbamates (subject to hydrolysis) is 1. The van der Waals surface area contributed by atoms with Gasteiger partial charge in [0.2, 0.25) is 0 Å². The van der Waals surface area contributed by atoms with E-state index in [0.29, 0.717) is 6.42 Å². The van der Waals surface area contributed by atoms with E-state index >= 15 is 0 Å². The van der Waals surface area contributed by atoms with Crippen molar-refractivity contribution in [3.63, 3.8) is 0 Å². The molecule has 1 N–H and O–H groups in total. The third-order valence-corrected chi connectivity index (χ3v) is 5.64. The molecule has 0 heterocycles. The highest BCUT2D eigenvalue weighted by Crippen LogP contribution is 2.44. The van der Waals surface area contributed by atoms with Crippen molar-refractivity contribution in [1.29, 1.82) is 0 Å². The highest BCUT2D eigenvalue weighted by atomic mass is 16.5. The Morgan fingerprint density at radius 2 is 1.61 bits per heavy atom. The van der Waals surface area contributed by atoms with E-state index in [2.05, 4.69) is 29.6 Å². The number of ether oxygens (including phenoxy) is 1. The molecule has 5 nitrogen and oxygen atoms in total. The third kappa shape index (κ3) is 4.77. The average Bonchev–Trinajstić information content (AvgIpc) is 3.06. The normalized spacial score (nSPS) is 13.2. The molecule has 31 heavy (non-hydrogen) atoms. The average molecular weight is 414 g/mol. The summed E-state index contributed by atoms with van der Waals surface area (Å²) in [5.74, 6) is -1.26. The van der Waals surface area contributed by atoms with Gasteiger partial charge in [0.25, 0.3) is 0 Å². The van der Waals surface area contributed by atoms with Crippen molar-refractivity contribution in [2.24, 2.45) is 0 Å². The number of carbonyl (C=O) groups is 2. The zero-order valence-corrected chi connectivity index (χ0v) is 17.3. The SMILES string of the molecule is Cc1cccc(C[C@@H](CC(=O)[O-])NC(=O)OCC2c3ccccc3-c3ccccc32)c1. The van der Waals surface area contributed by atoms with Crippen LogP contribution in [0.25, 0.3) is 11.1 Å². The van der Waals surface area contributed by atoms with E-state index in [4.69, 9.17) is 4.74 Å². The molecular formula is C26H24NO4-. The number of aliphatic carboxylic acids is 1. The Bertz CT molecular complexity index is 1060. The highest BCUT2D eigenvalue weighted by molar-refractivity contribution is 5.79. The van der Waals surface area contributed by atoms with Gasteiger partial charge in [-0.2, -0.15) is 0 Å². The second-order valence-electron chi connectivity index (χ2n) is 7.94. The fourth-order valence-corrected chi connectivity index (χ4v) is 4.31. The van der Waals surface area contributed by atoms with Crippen LogP contribution >= 0.6 is 0 Å². The van der Waals surface area contributed by atoms with E-state index in [1.54, 1.807) is 0 Å². The summed E-state index contributed by atoms with van der Waals surface area (Å²) in [6, 6.07) is 23.4. The summed E-state index contributed by atoms with van der Waals surface area (Å²) in [6.45, 7) is 2.15. The first-order chi connectivity index (χ1) is 15.0. The predicted octanol–water partition coefficient (Wildman–Crippen LogP) is 3.58. The maximum Gasteiger partial charge on any atom is 0.407 e. The number of hydrogen-bond donors (Lipinski definition) is 1. The first kappa shape index (κ1) is 20.7. The number of hydrogen-bond acceptors (Lipinski definition) is 4. The molecule has 1 atom stereocenters. The van der Waals surface area contributed by atoms with Crippen molar-refractivity contribution < 1.29 is 19.4 Å². The van der Waals surface area contributed by atoms with Gasteiger partial charge in [-0.05, 0) is 41.2 Å². The zero-order chi connectivity index (χ0) is 21.8. The first-order valence-electron chi connectivity index (χ1n) is 10.4. The molecule has 0 spiro atoms. The molecular weight excluding hydrogens is 390 g/mol. The molecule has 1 aliphatic carbocycles. The van der Waals surface area contributed by atoms with Gasteiger partial charge in [-0.15, -0.1) is 0 Å². The van der Waals surface area contributed by atoms with E-state index in [-0.39, 0.29) is 18.9 Å². The van der Waals surface area contributed by atoms with Crippen molar-refractivity contribution in [3.05, 3.63) is 95.1 Å². The number of carboxylic acids is 1. The molecule has 158 valence electrons. The molecule has 0 saturated carbocycles. The quantitative estimate of drug-likeness (QED) is 0.641. The van der Waals surface area contributed by atoms with Crippen LogP contribution in [0.2, 0.25) is 0 Å². The van der Waals surface area contributed by atoms with Crippen LogP contribution in [0.15, 0.2) is 72.8 Å². The van der Waals surface area contributed by atoms with Gasteiger partial charge in [-0.25, -0.2) is 4.79 Å². The molecule has 0 radical (unpaired) electrons. The summed E-state index contributed by atoms with van der Waals surface area (Å²) in [5.41, 5.74) is 6.59. The van der Waals surface area contributed by atoms with Crippen molar-refractivity contribution in [2.75, 3.05) is 6.61 Å². The van der Waals surface area contributed by atoms with Crippen molar-refractivity contribution >= 4 is 12.1 Å². The Balaban J connectivity index is 1.43. The molecule has 0 unspecified atom stereocenters. The van der Waals surface area contributed by atoms with Gasteiger partial charge >= 0.3 is 6.09 Å². The minimum Gasteiger partial charge on any atom is -0.550 e. The lowest BCUT2D eigenvalue weighted by atomic mass is 9.98. The lowest BCUT2D eigenvalue weighted by molar-refractivity contribution is -0.306. The number of amides is 1. The van der Waals surface area contributed by atoms with Gasteiger partial charge in [0.15, 0.2) is 0 Å². The van der Waals surface area contributed by atoms with Crippen LogP contribution in [-0.4, -0.2) is 24.7 Å². The zero-order valence-electron chi connectivity index (χ0n) is 17.3. The van der Waals surface area contributed by atoms with Gasteiger partial charge in [0.05, 0.1) is 0 Å². The largest absolute Gasteiger partial charge is 0.550 e. The molecule has 0 aromatic heterocycles. The molecule has 1 aliphatic rings. The third-order valence-electron chi connectivity index (χ3n) is 5.64. The molecule has 3 aromatic rings. The van der Waals surface area contributed by atoms with Crippen LogP contribution in [0, 0.1) is 6.92 Å². The van der Waals surface area contributed by atoms with Gasteiger partial charge in [-0.1, -0.05) is 78.4 Å². The summed E-state index contributed by atoms with van der Waals surface area (Å²) in [5, 5.41) is 13.9. The smallest absolute Gasteiger partial charge is 0.407 e. The fourth-order valence-electron chi connectivity index (χ4n) is 4.31. The standard InChI is InChI=1S/C26H25NO4/c1-17-7-6-8-18(13-17)14-19(15-25(28)29)27-26(30)31-16-24-22-11-4-2-9-20(22)21-10-3-5-12-23(21)24/h2-13,19,24H,14-16H2,1H3,(H,27,30)(H,28,29)/p-1/t19-/m0/s1. The fraction of sp³-hybridized carbons (Fsp3) is 0.231. The Morgan fingerprint density at radius 1 is 0.968 bits per heavy atom. The number of carboxylic acid groups (broad SMARTS) is 1. The Kier molecular flexibility index (Phi) is 6.03. The molecule has 5 heteroatoms. The molecule has 4 rings (SSSR count). The number of aryl methyl sites for hydroxylation is 1. The lowest BCUT2D eigenvalue weighted by Crippen LogP contribution is -2.41. The number of fused-ring (bicyclic) bond motifs is 3. The van der Waals surface area contributed by atoms with Crippen LogP contribution in [0.3, 0.4) is 0 Å². The van der Waals surface area contributed by atoms with Crippen molar-refractivity contribution in [2.45, 2.75) is 31.7 Å². The van der Waals surface area contributed by atoms with Gasteiger partial charge in [0.1, 0.15) is 6.61 Å². The second kappa shape index (κ2) is 9.04. The number of benzene rings is 3. The molecule has 0 fully saturated rings. The number of nitrogens with one attached hydrogen (secondary N) is 1. The van der Waals surface area contributed by atoms with Crippen molar-refractivity contribution in [3.8, 4) is 11.1 Å². The van der Waals surface area contributed by atoms with Gasteiger partial charge < -0.3 is 20.0 Å². The van der Waals surface area contributed by atoms with Gasteiger partial charge in [0, 0.05) is 24.3 Å². The van der Waals surface area contributed by atoms with Crippen LogP contribution in [0.4, 0.5) is 4.79 Å². The van der Waals surface area contributed by atoms with E-state index < -0.39 is 18.1 Å². The summed E-state index contributed by atoms with van der Waals surface area (Å²) < 4.78 is 5.55. The monoisotopic (exact) mass is 414 g/mol. The van der Waals surface area contributed by atoms with E-state index in [1.807, 2.05) is 55.5 Å². The molecule has 3 aromatic carbocycles. The van der Waals surface area contributed by atoms with Crippen LogP contribution in [0.5, 0.6) is 0 Å². The van der Waals surface area contributed by atoms with Crippen LogP contribution in [-0.2, 0) is 16.0 Å². The highest BCUT2D eigenvalue weighted by Gasteiger charge is 2.29. The maximum atomic E-state index is 12.5. The summed E-state index contributed by atoms with van der Waals surface area (Å²) in [7, 11) is 0. The van der Waals surface area contributed by atoms with Gasteiger partial charge in [-0.3, -0.25) is 0 Å².